The molecule has 0 saturated carbocycles. The van der Waals surface area contributed by atoms with Crippen LogP contribution in [0.3, 0.4) is 0 Å². The lowest BCUT2D eigenvalue weighted by molar-refractivity contribution is -0.156. The zero-order chi connectivity index (χ0) is 15.4. The molecular weight excluding hydrogens is 294 g/mol. The van der Waals surface area contributed by atoms with E-state index in [1.807, 2.05) is 0 Å². The lowest BCUT2D eigenvalue weighted by atomic mass is 9.90. The number of carbonyl (C=O) groups excluding carboxylic acids is 1. The molecule has 2 aliphatic rings. The highest BCUT2D eigenvalue weighted by molar-refractivity contribution is 8.02. The van der Waals surface area contributed by atoms with E-state index in [-0.39, 0.29) is 17.8 Å². The van der Waals surface area contributed by atoms with Gasteiger partial charge in [-0.1, -0.05) is 6.07 Å². The first kappa shape index (κ1) is 14.2. The second-order valence-corrected chi connectivity index (χ2v) is 6.76. The molecule has 1 amide bonds. The second-order valence-electron chi connectivity index (χ2n) is 5.34. The standard InChI is InChI=1S/C13H15N3O4S/c1-6(17)9-10(18)16-5-13(12(19)20,21-11(9)16)7-2-3-8(14)15-4-7/h2-4,6,9,11,17H,5H2,1H3,(H2,14,15)(H,19,20)/t6-,9+,11-,13?/m1/s1. The van der Waals surface area contributed by atoms with Crippen LogP contribution in [0.2, 0.25) is 0 Å². The van der Waals surface area contributed by atoms with Crippen molar-refractivity contribution in [3.8, 4) is 0 Å². The fourth-order valence-electron chi connectivity index (χ4n) is 2.83. The fraction of sp³-hybridized carbons (Fsp3) is 0.462. The summed E-state index contributed by atoms with van der Waals surface area (Å²) in [6.45, 7) is 1.62. The first-order valence-corrected chi connectivity index (χ1v) is 7.36. The van der Waals surface area contributed by atoms with E-state index in [0.29, 0.717) is 11.4 Å². The third kappa shape index (κ3) is 1.90. The zero-order valence-electron chi connectivity index (χ0n) is 11.3. The summed E-state index contributed by atoms with van der Waals surface area (Å²) >= 11 is 1.18. The number of pyridine rings is 1. The van der Waals surface area contributed by atoms with Crippen LogP contribution in [0.1, 0.15) is 12.5 Å². The highest BCUT2D eigenvalue weighted by Gasteiger charge is 2.63. The molecule has 3 heterocycles. The van der Waals surface area contributed by atoms with Crippen LogP contribution in [0.15, 0.2) is 18.3 Å². The van der Waals surface area contributed by atoms with Crippen LogP contribution in [0, 0.1) is 5.92 Å². The number of rotatable bonds is 3. The highest BCUT2D eigenvalue weighted by atomic mass is 32.2. The third-order valence-corrected chi connectivity index (χ3v) is 5.75. The van der Waals surface area contributed by atoms with E-state index in [1.54, 1.807) is 19.1 Å². The zero-order valence-corrected chi connectivity index (χ0v) is 12.1. The number of nitrogen functional groups attached to an aromatic ring is 1. The number of aliphatic carboxylic acids is 1. The summed E-state index contributed by atoms with van der Waals surface area (Å²) in [6, 6.07) is 3.17. The normalized spacial score (nSPS) is 32.5. The number of amides is 1. The van der Waals surface area contributed by atoms with Crippen LogP contribution in [0.4, 0.5) is 5.82 Å². The number of aliphatic hydroxyl groups is 1. The molecular formula is C13H15N3O4S. The number of hydrogen-bond donors (Lipinski definition) is 3. The summed E-state index contributed by atoms with van der Waals surface area (Å²) < 4.78 is -1.26. The molecule has 0 spiro atoms. The Morgan fingerprint density at radius 1 is 1.62 bits per heavy atom. The maximum Gasteiger partial charge on any atom is 0.326 e. The molecule has 21 heavy (non-hydrogen) atoms. The summed E-state index contributed by atoms with van der Waals surface area (Å²) in [7, 11) is 0. The SMILES string of the molecule is C[C@@H](O)[C@H]1C(=O)N2CC(C(=O)O)(c3ccc(N)nc3)S[C@H]12. The van der Waals surface area contributed by atoms with Crippen molar-refractivity contribution in [3.63, 3.8) is 0 Å². The first-order chi connectivity index (χ1) is 9.86. The Balaban J connectivity index is 1.97. The number of fused-ring (bicyclic) bond motifs is 1. The van der Waals surface area contributed by atoms with Gasteiger partial charge in [-0.15, -0.1) is 11.8 Å². The number of aromatic nitrogens is 1. The molecule has 2 saturated heterocycles. The molecule has 2 aliphatic heterocycles. The minimum absolute atomic E-state index is 0.0747. The Labute approximate surface area is 125 Å². The van der Waals surface area contributed by atoms with Crippen molar-refractivity contribution in [1.82, 2.24) is 9.88 Å². The number of nitrogens with two attached hydrogens (primary N) is 1. The molecule has 4 atom stereocenters. The number of aliphatic hydroxyl groups excluding tert-OH is 1. The predicted octanol–water partition coefficient (Wildman–Crippen LogP) is -0.144. The van der Waals surface area contributed by atoms with E-state index in [0.717, 1.165) is 0 Å². The van der Waals surface area contributed by atoms with Crippen molar-refractivity contribution < 1.29 is 19.8 Å². The first-order valence-electron chi connectivity index (χ1n) is 6.48. The smallest absolute Gasteiger partial charge is 0.326 e. The number of hydrogen-bond acceptors (Lipinski definition) is 6. The quantitative estimate of drug-likeness (QED) is 0.665. The molecule has 3 rings (SSSR count). The van der Waals surface area contributed by atoms with Crippen LogP contribution in [-0.4, -0.2) is 50.0 Å². The molecule has 0 bridgehead atoms. The van der Waals surface area contributed by atoms with Gasteiger partial charge in [0.15, 0.2) is 4.75 Å². The van der Waals surface area contributed by atoms with Crippen molar-refractivity contribution in [3.05, 3.63) is 23.9 Å². The molecule has 8 heteroatoms. The van der Waals surface area contributed by atoms with Gasteiger partial charge < -0.3 is 20.8 Å². The van der Waals surface area contributed by atoms with Crippen molar-refractivity contribution in [2.75, 3.05) is 12.3 Å². The van der Waals surface area contributed by atoms with E-state index in [2.05, 4.69) is 4.98 Å². The molecule has 112 valence electrons. The van der Waals surface area contributed by atoms with Crippen LogP contribution < -0.4 is 5.73 Å². The molecule has 0 radical (unpaired) electrons. The molecule has 1 aromatic rings. The van der Waals surface area contributed by atoms with Gasteiger partial charge in [0.05, 0.1) is 23.9 Å². The Morgan fingerprint density at radius 3 is 2.86 bits per heavy atom. The van der Waals surface area contributed by atoms with Gasteiger partial charge in [-0.2, -0.15) is 0 Å². The molecule has 4 N–H and O–H groups in total. The largest absolute Gasteiger partial charge is 0.480 e. The summed E-state index contributed by atoms with van der Waals surface area (Å²) in [4.78, 5) is 29.3. The van der Waals surface area contributed by atoms with E-state index in [4.69, 9.17) is 5.73 Å². The number of anilines is 1. The Hall–Kier alpha value is -1.80. The number of thioether (sulfide) groups is 1. The summed E-state index contributed by atoms with van der Waals surface area (Å²) in [6.07, 6.45) is 0.643. The van der Waals surface area contributed by atoms with Crippen molar-refractivity contribution in [2.24, 2.45) is 5.92 Å². The Morgan fingerprint density at radius 2 is 2.33 bits per heavy atom. The third-order valence-electron chi connectivity index (χ3n) is 4.02. The predicted molar refractivity (Wildman–Crippen MR) is 76.2 cm³/mol. The van der Waals surface area contributed by atoms with Crippen LogP contribution in [-0.2, 0) is 14.3 Å². The lowest BCUT2D eigenvalue weighted by Crippen LogP contribution is -2.60. The van der Waals surface area contributed by atoms with E-state index in [9.17, 15) is 19.8 Å². The van der Waals surface area contributed by atoms with Crippen molar-refractivity contribution in [2.45, 2.75) is 23.1 Å². The molecule has 2 fully saturated rings. The van der Waals surface area contributed by atoms with Crippen LogP contribution in [0.5, 0.6) is 0 Å². The summed E-state index contributed by atoms with van der Waals surface area (Å²) in [5, 5.41) is 19.0. The van der Waals surface area contributed by atoms with Gasteiger partial charge in [-0.05, 0) is 18.6 Å². The monoisotopic (exact) mass is 309 g/mol. The number of nitrogens with zero attached hydrogens (tertiary/aromatic N) is 2. The van der Waals surface area contributed by atoms with E-state index >= 15 is 0 Å². The van der Waals surface area contributed by atoms with Gasteiger partial charge in [-0.25, -0.2) is 4.98 Å². The lowest BCUT2D eigenvalue weighted by Gasteiger charge is -2.42. The number of carboxylic acid groups (broad SMARTS) is 1. The second kappa shape index (κ2) is 4.60. The van der Waals surface area contributed by atoms with Crippen LogP contribution >= 0.6 is 11.8 Å². The minimum atomic E-state index is -1.26. The van der Waals surface area contributed by atoms with Crippen LogP contribution in [0.25, 0.3) is 0 Å². The molecule has 7 nitrogen and oxygen atoms in total. The number of carboxylic acids is 1. The Kier molecular flexibility index (Phi) is 3.10. The van der Waals surface area contributed by atoms with Crippen molar-refractivity contribution >= 4 is 29.5 Å². The summed E-state index contributed by atoms with van der Waals surface area (Å²) in [5.41, 5.74) is 6.03. The van der Waals surface area contributed by atoms with Gasteiger partial charge in [0.1, 0.15) is 5.82 Å². The van der Waals surface area contributed by atoms with E-state index < -0.39 is 22.7 Å². The van der Waals surface area contributed by atoms with Gasteiger partial charge in [-0.3, -0.25) is 9.59 Å². The minimum Gasteiger partial charge on any atom is -0.480 e. The van der Waals surface area contributed by atoms with Gasteiger partial charge in [0.25, 0.3) is 0 Å². The fourth-order valence-corrected chi connectivity index (χ4v) is 4.61. The molecule has 1 unspecified atom stereocenters. The topological polar surface area (TPSA) is 117 Å². The number of β-lactam (4-membered cyclic amide) rings is 1. The van der Waals surface area contributed by atoms with Gasteiger partial charge in [0, 0.05) is 6.20 Å². The number of carbonyl (C=O) groups is 2. The van der Waals surface area contributed by atoms with E-state index in [1.165, 1.54) is 22.9 Å². The van der Waals surface area contributed by atoms with Gasteiger partial charge in [0.2, 0.25) is 5.91 Å². The average Bonchev–Trinajstić information content (AvgIpc) is 2.76. The molecule has 0 aromatic carbocycles. The van der Waals surface area contributed by atoms with Crippen molar-refractivity contribution in [1.29, 1.82) is 0 Å². The molecule has 1 aromatic heterocycles. The maximum absolute atomic E-state index is 12.0. The highest BCUT2D eigenvalue weighted by Crippen LogP contribution is 2.55. The Bertz CT molecular complexity index is 606. The maximum atomic E-state index is 12.0. The van der Waals surface area contributed by atoms with Gasteiger partial charge >= 0.3 is 5.97 Å². The average molecular weight is 309 g/mol. The molecule has 0 aliphatic carbocycles. The summed E-state index contributed by atoms with van der Waals surface area (Å²) in [5.74, 6) is -1.46.